The molecule has 1 aromatic carbocycles. The normalized spacial score (nSPS) is 13.2. The third-order valence-electron chi connectivity index (χ3n) is 4.93. The maximum Gasteiger partial charge on any atom is 0.326 e. The Balaban J connectivity index is 2.07. The number of H-pyrrole nitrogens is 1. The van der Waals surface area contributed by atoms with Crippen molar-refractivity contribution in [1.82, 2.24) is 15.6 Å². The Morgan fingerprint density at radius 3 is 2.16 bits per heavy atom. The molecule has 0 bridgehead atoms. The lowest BCUT2D eigenvalue weighted by molar-refractivity contribution is -0.143. The average Bonchev–Trinajstić information content (AvgIpc) is 3.09. The molecule has 0 aliphatic heterocycles. The molecule has 0 spiro atoms. The zero-order chi connectivity index (χ0) is 23.1. The number of carbonyl (C=O) groups excluding carboxylic acids is 3. The largest absolute Gasteiger partial charge is 0.480 e. The molecule has 168 valence electrons. The molecule has 0 aliphatic carbocycles. The van der Waals surface area contributed by atoms with Crippen molar-refractivity contribution in [3.05, 3.63) is 36.0 Å². The Labute approximate surface area is 181 Å². The van der Waals surface area contributed by atoms with Crippen LogP contribution in [0.1, 0.15) is 46.1 Å². The minimum atomic E-state index is -1.13. The second-order valence-corrected chi connectivity index (χ2v) is 8.64. The highest BCUT2D eigenvalue weighted by atomic mass is 16.4. The van der Waals surface area contributed by atoms with Gasteiger partial charge < -0.3 is 20.7 Å². The minimum absolute atomic E-state index is 0.0492. The van der Waals surface area contributed by atoms with Gasteiger partial charge in [0.1, 0.15) is 12.1 Å². The molecule has 2 atom stereocenters. The monoisotopic (exact) mass is 429 g/mol. The summed E-state index contributed by atoms with van der Waals surface area (Å²) in [5, 5.41) is 15.2. The van der Waals surface area contributed by atoms with Gasteiger partial charge in [-0.15, -0.1) is 0 Å². The highest BCUT2D eigenvalue weighted by molar-refractivity contribution is 6.37. The van der Waals surface area contributed by atoms with Crippen LogP contribution in [0.5, 0.6) is 0 Å². The van der Waals surface area contributed by atoms with E-state index in [9.17, 15) is 24.3 Å². The third-order valence-corrected chi connectivity index (χ3v) is 4.93. The van der Waals surface area contributed by atoms with Gasteiger partial charge in [0.25, 0.3) is 5.91 Å². The van der Waals surface area contributed by atoms with E-state index in [0.29, 0.717) is 5.56 Å². The van der Waals surface area contributed by atoms with Crippen molar-refractivity contribution < 1.29 is 24.3 Å². The predicted octanol–water partition coefficient (Wildman–Crippen LogP) is 2.43. The van der Waals surface area contributed by atoms with E-state index in [1.54, 1.807) is 6.20 Å². The molecule has 0 saturated carbocycles. The summed E-state index contributed by atoms with van der Waals surface area (Å²) in [5.74, 6) is -3.14. The molecule has 8 nitrogen and oxygen atoms in total. The van der Waals surface area contributed by atoms with Crippen molar-refractivity contribution in [2.24, 2.45) is 11.8 Å². The average molecular weight is 430 g/mol. The molecule has 0 unspecified atom stereocenters. The fourth-order valence-electron chi connectivity index (χ4n) is 3.44. The summed E-state index contributed by atoms with van der Waals surface area (Å²) < 4.78 is 0. The SMILES string of the molecule is CC(C)C[C@H](NC(=O)[C@H](CC(C)C)NC(=O)C(=O)Cc1c[nH]c2ccccc12)C(=O)O. The summed E-state index contributed by atoms with van der Waals surface area (Å²) in [6, 6.07) is 5.42. The third kappa shape index (κ3) is 6.94. The van der Waals surface area contributed by atoms with Gasteiger partial charge in [-0.1, -0.05) is 45.9 Å². The zero-order valence-corrected chi connectivity index (χ0v) is 18.4. The van der Waals surface area contributed by atoms with Crippen LogP contribution in [0.25, 0.3) is 10.9 Å². The first-order valence-electron chi connectivity index (χ1n) is 10.5. The molecular formula is C23H31N3O5. The van der Waals surface area contributed by atoms with Gasteiger partial charge in [0, 0.05) is 23.5 Å². The van der Waals surface area contributed by atoms with E-state index >= 15 is 0 Å². The molecule has 0 saturated heterocycles. The number of rotatable bonds is 11. The van der Waals surface area contributed by atoms with Gasteiger partial charge in [0.2, 0.25) is 11.7 Å². The molecule has 0 fully saturated rings. The number of aliphatic carboxylic acids is 1. The molecule has 1 aromatic heterocycles. The van der Waals surface area contributed by atoms with Gasteiger partial charge in [-0.25, -0.2) is 4.79 Å². The first-order valence-corrected chi connectivity index (χ1v) is 10.5. The number of ketones is 1. The highest BCUT2D eigenvalue weighted by Crippen LogP contribution is 2.18. The Morgan fingerprint density at radius 1 is 0.935 bits per heavy atom. The maximum atomic E-state index is 12.7. The molecule has 31 heavy (non-hydrogen) atoms. The number of aromatic amines is 1. The van der Waals surface area contributed by atoms with Crippen LogP contribution < -0.4 is 10.6 Å². The highest BCUT2D eigenvalue weighted by Gasteiger charge is 2.29. The van der Waals surface area contributed by atoms with E-state index < -0.39 is 35.7 Å². The van der Waals surface area contributed by atoms with Gasteiger partial charge in [-0.2, -0.15) is 0 Å². The summed E-state index contributed by atoms with van der Waals surface area (Å²) in [7, 11) is 0. The fraction of sp³-hybridized carbons (Fsp3) is 0.478. The van der Waals surface area contributed by atoms with Crippen LogP contribution in [-0.2, 0) is 25.6 Å². The Bertz CT molecular complexity index is 948. The molecule has 4 N–H and O–H groups in total. The van der Waals surface area contributed by atoms with E-state index in [4.69, 9.17) is 0 Å². The van der Waals surface area contributed by atoms with Crippen LogP contribution in [-0.4, -0.2) is 45.7 Å². The number of amides is 2. The Kier molecular flexibility index (Phi) is 8.36. The standard InChI is InChI=1S/C23H31N3O5/c1-13(2)9-18(21(28)26-19(23(30)31)10-14(3)4)25-22(29)20(27)11-15-12-24-17-8-6-5-7-16(15)17/h5-8,12-14,18-19,24H,9-11H2,1-4H3,(H,25,29)(H,26,28)(H,30,31)/t18-,19-/m0/s1. The summed E-state index contributed by atoms with van der Waals surface area (Å²) >= 11 is 0. The van der Waals surface area contributed by atoms with E-state index in [-0.39, 0.29) is 31.1 Å². The zero-order valence-electron chi connectivity index (χ0n) is 18.4. The Hall–Kier alpha value is -3.16. The topological polar surface area (TPSA) is 128 Å². The molecule has 8 heteroatoms. The first-order chi connectivity index (χ1) is 14.6. The lowest BCUT2D eigenvalue weighted by Gasteiger charge is -2.23. The number of carboxylic acids is 1. The van der Waals surface area contributed by atoms with Crippen molar-refractivity contribution in [2.45, 2.75) is 59.0 Å². The van der Waals surface area contributed by atoms with Gasteiger partial charge in [0.05, 0.1) is 0 Å². The molecular weight excluding hydrogens is 398 g/mol. The van der Waals surface area contributed by atoms with Crippen molar-refractivity contribution >= 4 is 34.5 Å². The van der Waals surface area contributed by atoms with E-state index in [0.717, 1.165) is 10.9 Å². The summed E-state index contributed by atoms with van der Waals surface area (Å²) in [5.41, 5.74) is 1.57. The summed E-state index contributed by atoms with van der Waals surface area (Å²) in [6.07, 6.45) is 2.14. The molecule has 2 amide bonds. The number of aromatic nitrogens is 1. The maximum absolute atomic E-state index is 12.7. The number of Topliss-reactive ketones (excluding diaryl/α,β-unsaturated/α-hetero) is 1. The minimum Gasteiger partial charge on any atom is -0.480 e. The second kappa shape index (κ2) is 10.7. The van der Waals surface area contributed by atoms with Gasteiger partial charge in [0.15, 0.2) is 0 Å². The van der Waals surface area contributed by atoms with E-state index in [2.05, 4.69) is 15.6 Å². The summed E-state index contributed by atoms with van der Waals surface area (Å²) in [6.45, 7) is 7.48. The second-order valence-electron chi connectivity index (χ2n) is 8.64. The van der Waals surface area contributed by atoms with Crippen molar-refractivity contribution in [3.8, 4) is 0 Å². The number of carboxylic acid groups (broad SMARTS) is 1. The van der Waals surface area contributed by atoms with Crippen LogP contribution in [0.15, 0.2) is 30.5 Å². The molecule has 2 rings (SSSR count). The van der Waals surface area contributed by atoms with Crippen molar-refractivity contribution in [1.29, 1.82) is 0 Å². The predicted molar refractivity (Wildman–Crippen MR) is 117 cm³/mol. The van der Waals surface area contributed by atoms with Gasteiger partial charge in [-0.05, 0) is 36.3 Å². The number of hydrogen-bond acceptors (Lipinski definition) is 4. The number of fused-ring (bicyclic) bond motifs is 1. The molecule has 2 aromatic rings. The quantitative estimate of drug-likeness (QED) is 0.408. The Morgan fingerprint density at radius 2 is 1.55 bits per heavy atom. The molecule has 0 radical (unpaired) electrons. The van der Waals surface area contributed by atoms with Gasteiger partial charge in [-0.3, -0.25) is 14.4 Å². The molecule has 0 aliphatic rings. The molecule has 1 heterocycles. The van der Waals surface area contributed by atoms with Crippen LogP contribution in [0.4, 0.5) is 0 Å². The lowest BCUT2D eigenvalue weighted by Crippen LogP contribution is -2.53. The van der Waals surface area contributed by atoms with Crippen molar-refractivity contribution in [3.63, 3.8) is 0 Å². The summed E-state index contributed by atoms with van der Waals surface area (Å²) in [4.78, 5) is 52.3. The van der Waals surface area contributed by atoms with Crippen molar-refractivity contribution in [2.75, 3.05) is 0 Å². The number of benzene rings is 1. The van der Waals surface area contributed by atoms with Crippen LogP contribution in [0.2, 0.25) is 0 Å². The number of carbonyl (C=O) groups is 4. The van der Waals surface area contributed by atoms with Crippen LogP contribution >= 0.6 is 0 Å². The fourth-order valence-corrected chi connectivity index (χ4v) is 3.44. The first kappa shape index (κ1) is 24.1. The van der Waals surface area contributed by atoms with Crippen LogP contribution in [0.3, 0.4) is 0 Å². The van der Waals surface area contributed by atoms with E-state index in [1.807, 2.05) is 52.0 Å². The smallest absolute Gasteiger partial charge is 0.326 e. The van der Waals surface area contributed by atoms with Gasteiger partial charge >= 0.3 is 5.97 Å². The van der Waals surface area contributed by atoms with Crippen LogP contribution in [0, 0.1) is 11.8 Å². The number of para-hydroxylation sites is 1. The lowest BCUT2D eigenvalue weighted by atomic mass is 10.00. The number of hydrogen-bond donors (Lipinski definition) is 4. The van der Waals surface area contributed by atoms with E-state index in [1.165, 1.54) is 0 Å². The number of nitrogens with one attached hydrogen (secondary N) is 3.